The standard InChI is InChI=1S/C25H30N6O2S/c1-24(14-26)6-7-25(2,33-15-24)20-12-19-21(34-20)23(31-8-10-32-11-9-31)29-22(28-19)16-4-3-5-18-17(16)13-27-30-18/h3-5,12-13H,6-11,14-15,26H2,1-2H3,(H,27,30). The van der Waals surface area contributed by atoms with E-state index in [9.17, 15) is 0 Å². The zero-order valence-electron chi connectivity index (χ0n) is 19.6. The number of nitrogens with two attached hydrogens (primary N) is 1. The van der Waals surface area contributed by atoms with Crippen LogP contribution in [-0.2, 0) is 15.1 Å². The number of ether oxygens (including phenoxy) is 2. The molecule has 3 aromatic heterocycles. The molecule has 34 heavy (non-hydrogen) atoms. The maximum absolute atomic E-state index is 6.47. The van der Waals surface area contributed by atoms with Crippen molar-refractivity contribution in [3.8, 4) is 11.4 Å². The van der Waals surface area contributed by atoms with Gasteiger partial charge in [-0.15, -0.1) is 11.3 Å². The van der Waals surface area contributed by atoms with Crippen LogP contribution in [0.5, 0.6) is 0 Å². The van der Waals surface area contributed by atoms with E-state index in [1.54, 1.807) is 11.3 Å². The molecule has 0 radical (unpaired) electrons. The van der Waals surface area contributed by atoms with Crippen molar-refractivity contribution in [3.05, 3.63) is 35.3 Å². The normalized spacial score (nSPS) is 25.9. The quantitative estimate of drug-likeness (QED) is 0.456. The van der Waals surface area contributed by atoms with E-state index in [2.05, 4.69) is 41.1 Å². The van der Waals surface area contributed by atoms with Gasteiger partial charge in [0.25, 0.3) is 0 Å². The van der Waals surface area contributed by atoms with Crippen LogP contribution < -0.4 is 10.6 Å². The second-order valence-electron chi connectivity index (χ2n) is 9.97. The number of aromatic nitrogens is 4. The van der Waals surface area contributed by atoms with Crippen LogP contribution in [0.3, 0.4) is 0 Å². The van der Waals surface area contributed by atoms with Crippen LogP contribution in [0.25, 0.3) is 32.5 Å². The Morgan fingerprint density at radius 2 is 2.03 bits per heavy atom. The lowest BCUT2D eigenvalue weighted by molar-refractivity contribution is -0.119. The number of fused-ring (bicyclic) bond motifs is 2. The minimum Gasteiger partial charge on any atom is -0.378 e. The van der Waals surface area contributed by atoms with Crippen molar-refractivity contribution in [3.63, 3.8) is 0 Å². The highest BCUT2D eigenvalue weighted by Gasteiger charge is 2.40. The summed E-state index contributed by atoms with van der Waals surface area (Å²) in [5, 5.41) is 8.30. The average molecular weight is 479 g/mol. The van der Waals surface area contributed by atoms with E-state index in [1.807, 2.05) is 18.3 Å². The van der Waals surface area contributed by atoms with Crippen LogP contribution in [0.2, 0.25) is 0 Å². The number of rotatable bonds is 4. The maximum Gasteiger partial charge on any atom is 0.162 e. The summed E-state index contributed by atoms with van der Waals surface area (Å²) in [6.45, 7) is 8.76. The highest BCUT2D eigenvalue weighted by molar-refractivity contribution is 7.19. The van der Waals surface area contributed by atoms with E-state index in [0.717, 1.165) is 64.3 Å². The number of morpholine rings is 1. The van der Waals surface area contributed by atoms with Gasteiger partial charge >= 0.3 is 0 Å². The summed E-state index contributed by atoms with van der Waals surface area (Å²) in [6.07, 6.45) is 3.83. The predicted molar refractivity (Wildman–Crippen MR) is 135 cm³/mol. The van der Waals surface area contributed by atoms with Crippen molar-refractivity contribution in [1.82, 2.24) is 20.2 Å². The lowest BCUT2D eigenvalue weighted by Crippen LogP contribution is -2.43. The van der Waals surface area contributed by atoms with Gasteiger partial charge in [-0.2, -0.15) is 5.10 Å². The van der Waals surface area contributed by atoms with Crippen molar-refractivity contribution in [1.29, 1.82) is 0 Å². The Morgan fingerprint density at radius 1 is 1.18 bits per heavy atom. The molecule has 0 aliphatic carbocycles. The first-order valence-corrected chi connectivity index (χ1v) is 12.7. The molecule has 0 spiro atoms. The van der Waals surface area contributed by atoms with Crippen molar-refractivity contribution in [2.75, 3.05) is 44.4 Å². The molecule has 2 aliphatic heterocycles. The van der Waals surface area contributed by atoms with Crippen molar-refractivity contribution in [2.45, 2.75) is 32.3 Å². The second-order valence-corrected chi connectivity index (χ2v) is 11.0. The molecule has 2 saturated heterocycles. The minimum absolute atomic E-state index is 0.0470. The first kappa shape index (κ1) is 21.9. The van der Waals surface area contributed by atoms with Gasteiger partial charge in [0.2, 0.25) is 0 Å². The molecular formula is C25H30N6O2S. The number of hydrogen-bond acceptors (Lipinski definition) is 8. The number of H-pyrrole nitrogens is 1. The molecule has 5 heterocycles. The molecule has 8 nitrogen and oxygen atoms in total. The third-order valence-electron chi connectivity index (χ3n) is 7.35. The Bertz CT molecular complexity index is 1330. The van der Waals surface area contributed by atoms with Crippen molar-refractivity contribution < 1.29 is 9.47 Å². The first-order valence-electron chi connectivity index (χ1n) is 11.9. The van der Waals surface area contributed by atoms with Gasteiger partial charge in [-0.3, -0.25) is 5.10 Å². The largest absolute Gasteiger partial charge is 0.378 e. The van der Waals surface area contributed by atoms with Crippen LogP contribution in [0, 0.1) is 5.41 Å². The van der Waals surface area contributed by atoms with Gasteiger partial charge in [0, 0.05) is 34.3 Å². The maximum atomic E-state index is 6.47. The number of anilines is 1. The molecule has 0 saturated carbocycles. The molecule has 2 unspecified atom stereocenters. The summed E-state index contributed by atoms with van der Waals surface area (Å²) in [6, 6.07) is 8.30. The minimum atomic E-state index is -0.340. The fourth-order valence-electron chi connectivity index (χ4n) is 4.82. The van der Waals surface area contributed by atoms with Gasteiger partial charge in [-0.05, 0) is 38.4 Å². The lowest BCUT2D eigenvalue weighted by Gasteiger charge is -2.42. The molecular weight excluding hydrogens is 448 g/mol. The zero-order chi connectivity index (χ0) is 23.3. The number of thiophene rings is 1. The number of nitrogens with zero attached hydrogens (tertiary/aromatic N) is 4. The van der Waals surface area contributed by atoms with Crippen LogP contribution >= 0.6 is 11.3 Å². The van der Waals surface area contributed by atoms with E-state index < -0.39 is 0 Å². The highest BCUT2D eigenvalue weighted by atomic mass is 32.1. The van der Waals surface area contributed by atoms with Gasteiger partial charge in [-0.25, -0.2) is 9.97 Å². The third kappa shape index (κ3) is 3.67. The Labute approximate surface area is 202 Å². The van der Waals surface area contributed by atoms with Crippen molar-refractivity contribution >= 4 is 38.3 Å². The van der Waals surface area contributed by atoms with Crippen LogP contribution in [-0.4, -0.2) is 59.6 Å². The van der Waals surface area contributed by atoms with Crippen LogP contribution in [0.1, 0.15) is 31.6 Å². The Hall–Kier alpha value is -2.59. The van der Waals surface area contributed by atoms with Crippen molar-refractivity contribution in [2.24, 2.45) is 11.1 Å². The average Bonchev–Trinajstić information content (AvgIpc) is 3.53. The van der Waals surface area contributed by atoms with Crippen LogP contribution in [0.4, 0.5) is 5.82 Å². The van der Waals surface area contributed by atoms with Gasteiger partial charge < -0.3 is 20.1 Å². The molecule has 2 fully saturated rings. The summed E-state index contributed by atoms with van der Waals surface area (Å²) < 4.78 is 13.2. The van der Waals surface area contributed by atoms with Gasteiger partial charge in [0.1, 0.15) is 0 Å². The molecule has 0 amide bonds. The monoisotopic (exact) mass is 478 g/mol. The summed E-state index contributed by atoms with van der Waals surface area (Å²) in [5.41, 5.74) is 8.64. The van der Waals surface area contributed by atoms with E-state index in [4.69, 9.17) is 25.2 Å². The fraction of sp³-hybridized carbons (Fsp3) is 0.480. The zero-order valence-corrected chi connectivity index (χ0v) is 20.5. The van der Waals surface area contributed by atoms with E-state index in [-0.39, 0.29) is 11.0 Å². The predicted octanol–water partition coefficient (Wildman–Crippen LogP) is 4.06. The summed E-state index contributed by atoms with van der Waals surface area (Å²) in [4.78, 5) is 13.7. The highest BCUT2D eigenvalue weighted by Crippen LogP contribution is 2.46. The van der Waals surface area contributed by atoms with Gasteiger partial charge in [0.05, 0.1) is 47.4 Å². The van der Waals surface area contributed by atoms with Crippen LogP contribution in [0.15, 0.2) is 30.5 Å². The molecule has 3 N–H and O–H groups in total. The third-order valence-corrected chi connectivity index (χ3v) is 8.71. The molecule has 4 aromatic rings. The molecule has 2 atom stereocenters. The summed E-state index contributed by atoms with van der Waals surface area (Å²) >= 11 is 1.76. The molecule has 178 valence electrons. The topological polar surface area (TPSA) is 102 Å². The SMILES string of the molecule is CC1(CN)CCC(C)(c2cc3nc(-c4cccc5[nH]ncc45)nc(N4CCOCC4)c3s2)OC1. The number of hydrogen-bond donors (Lipinski definition) is 2. The summed E-state index contributed by atoms with van der Waals surface area (Å²) in [5.74, 6) is 1.70. The van der Waals surface area contributed by atoms with E-state index in [0.29, 0.717) is 26.4 Å². The smallest absolute Gasteiger partial charge is 0.162 e. The van der Waals surface area contributed by atoms with Gasteiger partial charge in [-0.1, -0.05) is 19.1 Å². The number of benzene rings is 1. The van der Waals surface area contributed by atoms with E-state index in [1.165, 1.54) is 4.88 Å². The Balaban J connectivity index is 1.48. The molecule has 9 heteroatoms. The molecule has 2 aliphatic rings. The first-order chi connectivity index (χ1) is 16.5. The number of aromatic amines is 1. The number of nitrogens with one attached hydrogen (secondary N) is 1. The summed E-state index contributed by atoms with van der Waals surface area (Å²) in [7, 11) is 0. The molecule has 0 bridgehead atoms. The Kier molecular flexibility index (Phi) is 5.33. The van der Waals surface area contributed by atoms with E-state index >= 15 is 0 Å². The fourth-order valence-corrected chi connectivity index (χ4v) is 6.06. The molecule has 1 aromatic carbocycles. The Morgan fingerprint density at radius 3 is 2.79 bits per heavy atom. The second kappa shape index (κ2) is 8.27. The lowest BCUT2D eigenvalue weighted by atomic mass is 9.79. The molecule has 6 rings (SSSR count). The van der Waals surface area contributed by atoms with Gasteiger partial charge in [0.15, 0.2) is 11.6 Å².